The lowest BCUT2D eigenvalue weighted by atomic mass is 9.84. The molecule has 22 heavy (non-hydrogen) atoms. The van der Waals surface area contributed by atoms with Gasteiger partial charge in [0.15, 0.2) is 0 Å². The molecule has 0 aromatic heterocycles. The molecule has 0 bridgehead atoms. The van der Waals surface area contributed by atoms with Gasteiger partial charge in [0, 0.05) is 24.4 Å². The van der Waals surface area contributed by atoms with E-state index in [1.165, 1.54) is 12.8 Å². The summed E-state index contributed by atoms with van der Waals surface area (Å²) in [6.07, 6.45) is 5.67. The normalized spacial score (nSPS) is 21.6. The van der Waals surface area contributed by atoms with Gasteiger partial charge in [0.25, 0.3) is 0 Å². The fraction of sp³-hybridized carbons (Fsp3) is 0.875. The van der Waals surface area contributed by atoms with Crippen molar-refractivity contribution < 1.29 is 9.59 Å². The number of amides is 2. The van der Waals surface area contributed by atoms with Crippen molar-refractivity contribution in [1.29, 1.82) is 0 Å². The lowest BCUT2D eigenvalue weighted by Gasteiger charge is -2.31. The lowest BCUT2D eigenvalue weighted by Crippen LogP contribution is -2.44. The van der Waals surface area contributed by atoms with E-state index in [9.17, 15) is 9.59 Å². The van der Waals surface area contributed by atoms with E-state index in [-0.39, 0.29) is 35.7 Å². The highest BCUT2D eigenvalue weighted by atomic mass is 35.5. The molecule has 1 fully saturated rings. The monoisotopic (exact) mass is 333 g/mol. The molecule has 0 radical (unpaired) electrons. The maximum absolute atomic E-state index is 11.9. The van der Waals surface area contributed by atoms with E-state index in [0.29, 0.717) is 31.8 Å². The quantitative estimate of drug-likeness (QED) is 0.650. The van der Waals surface area contributed by atoms with E-state index in [1.54, 1.807) is 0 Å². The number of carbonyl (C=O) groups is 2. The molecule has 130 valence electrons. The molecule has 1 aliphatic carbocycles. The topological polar surface area (TPSA) is 84.2 Å². The average Bonchev–Trinajstić information content (AvgIpc) is 2.43. The first kappa shape index (κ1) is 21.2. The second-order valence-corrected chi connectivity index (χ2v) is 7.06. The van der Waals surface area contributed by atoms with E-state index in [4.69, 9.17) is 5.73 Å². The predicted octanol–water partition coefficient (Wildman–Crippen LogP) is 1.98. The molecule has 2 unspecified atom stereocenters. The van der Waals surface area contributed by atoms with Crippen molar-refractivity contribution in [3.8, 4) is 0 Å². The summed E-state index contributed by atoms with van der Waals surface area (Å²) in [5, 5.41) is 5.97. The molecular formula is C16H32ClN3O2. The molecule has 0 aromatic carbocycles. The zero-order valence-corrected chi connectivity index (χ0v) is 14.9. The predicted molar refractivity (Wildman–Crippen MR) is 91.9 cm³/mol. The van der Waals surface area contributed by atoms with Crippen molar-refractivity contribution in [3.63, 3.8) is 0 Å². The summed E-state index contributed by atoms with van der Waals surface area (Å²) in [5.74, 6) is 0.520. The first-order valence-electron chi connectivity index (χ1n) is 8.12. The molecule has 2 amide bonds. The van der Waals surface area contributed by atoms with Crippen molar-refractivity contribution in [1.82, 2.24) is 10.6 Å². The number of carbonyl (C=O) groups excluding carboxylic acids is 2. The van der Waals surface area contributed by atoms with Crippen molar-refractivity contribution in [2.45, 2.75) is 65.3 Å². The van der Waals surface area contributed by atoms with Gasteiger partial charge in [-0.1, -0.05) is 33.6 Å². The highest BCUT2D eigenvalue weighted by molar-refractivity contribution is 5.85. The minimum atomic E-state index is -0.376. The number of nitrogens with one attached hydrogen (secondary N) is 2. The Kier molecular flexibility index (Phi) is 9.69. The smallest absolute Gasteiger partial charge is 0.225 e. The summed E-state index contributed by atoms with van der Waals surface area (Å²) in [7, 11) is 0. The van der Waals surface area contributed by atoms with Gasteiger partial charge in [-0.15, -0.1) is 12.4 Å². The molecule has 6 heteroatoms. The number of halogens is 1. The Morgan fingerprint density at radius 3 is 2.41 bits per heavy atom. The van der Waals surface area contributed by atoms with Crippen LogP contribution in [0.15, 0.2) is 0 Å². The lowest BCUT2D eigenvalue weighted by molar-refractivity contribution is -0.128. The number of hydrogen-bond acceptors (Lipinski definition) is 3. The van der Waals surface area contributed by atoms with Gasteiger partial charge in [-0.3, -0.25) is 9.59 Å². The van der Waals surface area contributed by atoms with Crippen molar-refractivity contribution in [3.05, 3.63) is 0 Å². The largest absolute Gasteiger partial charge is 0.356 e. The summed E-state index contributed by atoms with van der Waals surface area (Å²) in [4.78, 5) is 23.6. The molecule has 0 aromatic rings. The molecule has 0 heterocycles. The van der Waals surface area contributed by atoms with Crippen LogP contribution in [0.2, 0.25) is 0 Å². The standard InChI is InChI=1S/C16H31N3O2.ClH/c1-16(2,3)15(21)18-10-6-9-14(20)19-13-8-5-4-7-12(13)11-17;/h12-13H,4-11,17H2,1-3H3,(H,18,21)(H,19,20);1H. The summed E-state index contributed by atoms with van der Waals surface area (Å²) >= 11 is 0. The molecular weight excluding hydrogens is 302 g/mol. The number of hydrogen-bond donors (Lipinski definition) is 3. The maximum atomic E-state index is 11.9. The molecule has 2 atom stereocenters. The average molecular weight is 334 g/mol. The van der Waals surface area contributed by atoms with Crippen LogP contribution in [0.3, 0.4) is 0 Å². The van der Waals surface area contributed by atoms with E-state index in [0.717, 1.165) is 12.8 Å². The maximum Gasteiger partial charge on any atom is 0.225 e. The van der Waals surface area contributed by atoms with Crippen LogP contribution in [0.4, 0.5) is 0 Å². The van der Waals surface area contributed by atoms with Crippen LogP contribution in [-0.4, -0.2) is 30.9 Å². The van der Waals surface area contributed by atoms with Gasteiger partial charge in [0.05, 0.1) is 0 Å². The third-order valence-electron chi connectivity index (χ3n) is 4.11. The SMILES string of the molecule is CC(C)(C)C(=O)NCCCC(=O)NC1CCCCC1CN.Cl. The van der Waals surface area contributed by atoms with Crippen LogP contribution in [-0.2, 0) is 9.59 Å². The molecule has 0 aliphatic heterocycles. The zero-order chi connectivity index (χ0) is 15.9. The molecule has 5 nitrogen and oxygen atoms in total. The Hall–Kier alpha value is -0.810. The molecule has 0 spiro atoms. The first-order valence-corrected chi connectivity index (χ1v) is 8.12. The Bertz CT molecular complexity index is 356. The van der Waals surface area contributed by atoms with Gasteiger partial charge < -0.3 is 16.4 Å². The fourth-order valence-corrected chi connectivity index (χ4v) is 2.67. The number of nitrogens with two attached hydrogens (primary N) is 1. The van der Waals surface area contributed by atoms with Crippen molar-refractivity contribution in [2.24, 2.45) is 17.1 Å². The molecule has 1 aliphatic rings. The van der Waals surface area contributed by atoms with E-state index in [1.807, 2.05) is 20.8 Å². The van der Waals surface area contributed by atoms with Gasteiger partial charge in [0.1, 0.15) is 0 Å². The van der Waals surface area contributed by atoms with Gasteiger partial charge in [-0.2, -0.15) is 0 Å². The van der Waals surface area contributed by atoms with Gasteiger partial charge in [-0.05, 0) is 31.7 Å². The number of rotatable bonds is 6. The Morgan fingerprint density at radius 1 is 1.18 bits per heavy atom. The fourth-order valence-electron chi connectivity index (χ4n) is 2.67. The van der Waals surface area contributed by atoms with Gasteiger partial charge in [0.2, 0.25) is 11.8 Å². The second-order valence-electron chi connectivity index (χ2n) is 7.06. The second kappa shape index (κ2) is 10.1. The zero-order valence-electron chi connectivity index (χ0n) is 14.1. The van der Waals surface area contributed by atoms with E-state index in [2.05, 4.69) is 10.6 Å². The van der Waals surface area contributed by atoms with Gasteiger partial charge in [-0.25, -0.2) is 0 Å². The Morgan fingerprint density at radius 2 is 1.82 bits per heavy atom. The van der Waals surface area contributed by atoms with Crippen LogP contribution in [0.25, 0.3) is 0 Å². The van der Waals surface area contributed by atoms with Crippen LogP contribution in [0.1, 0.15) is 59.3 Å². The van der Waals surface area contributed by atoms with Gasteiger partial charge >= 0.3 is 0 Å². The Balaban J connectivity index is 0.00000441. The van der Waals surface area contributed by atoms with E-state index >= 15 is 0 Å². The minimum absolute atomic E-state index is 0. The van der Waals surface area contributed by atoms with Crippen molar-refractivity contribution in [2.75, 3.05) is 13.1 Å². The highest BCUT2D eigenvalue weighted by Gasteiger charge is 2.25. The Labute approximate surface area is 140 Å². The molecule has 1 rings (SSSR count). The van der Waals surface area contributed by atoms with Crippen LogP contribution >= 0.6 is 12.4 Å². The van der Waals surface area contributed by atoms with Crippen molar-refractivity contribution >= 4 is 24.2 Å². The first-order chi connectivity index (χ1) is 9.84. The minimum Gasteiger partial charge on any atom is -0.356 e. The van der Waals surface area contributed by atoms with Crippen LogP contribution in [0.5, 0.6) is 0 Å². The molecule has 0 saturated heterocycles. The summed E-state index contributed by atoms with van der Waals surface area (Å²) < 4.78 is 0. The molecule has 1 saturated carbocycles. The van der Waals surface area contributed by atoms with Crippen LogP contribution < -0.4 is 16.4 Å². The van der Waals surface area contributed by atoms with Crippen LogP contribution in [0, 0.1) is 11.3 Å². The summed E-state index contributed by atoms with van der Waals surface area (Å²) in [6, 6.07) is 0.236. The molecule has 4 N–H and O–H groups in total. The highest BCUT2D eigenvalue weighted by Crippen LogP contribution is 2.23. The third-order valence-corrected chi connectivity index (χ3v) is 4.11. The summed E-state index contributed by atoms with van der Waals surface area (Å²) in [6.45, 7) is 6.84. The third kappa shape index (κ3) is 7.45. The van der Waals surface area contributed by atoms with E-state index < -0.39 is 0 Å². The summed E-state index contributed by atoms with van der Waals surface area (Å²) in [5.41, 5.74) is 5.39.